The van der Waals surface area contributed by atoms with E-state index in [4.69, 9.17) is 4.98 Å². The summed E-state index contributed by atoms with van der Waals surface area (Å²) in [6, 6.07) is 14.1. The van der Waals surface area contributed by atoms with Gasteiger partial charge in [-0.25, -0.2) is 4.98 Å². The standard InChI is InChI=1S/C18H19N7/c1-12-21-22-17-9-8-16(23-25(12)17)19-11-13-10-18(24(2)3)20-15-7-5-4-6-14(13)15/h4-10H,11H2,1-3H3,(H,19,23). The zero-order valence-electron chi connectivity index (χ0n) is 14.4. The molecule has 3 heterocycles. The van der Waals surface area contributed by atoms with Crippen LogP contribution < -0.4 is 10.2 Å². The Bertz CT molecular complexity index is 1050. The highest BCUT2D eigenvalue weighted by Gasteiger charge is 2.08. The van der Waals surface area contributed by atoms with Gasteiger partial charge in [0, 0.05) is 26.0 Å². The summed E-state index contributed by atoms with van der Waals surface area (Å²) in [5, 5.41) is 17.2. The highest BCUT2D eigenvalue weighted by molar-refractivity contribution is 5.84. The van der Waals surface area contributed by atoms with E-state index in [1.807, 2.05) is 56.3 Å². The first kappa shape index (κ1) is 15.3. The van der Waals surface area contributed by atoms with E-state index in [0.717, 1.165) is 34.0 Å². The molecule has 0 aliphatic heterocycles. The van der Waals surface area contributed by atoms with Crippen LogP contribution in [0.25, 0.3) is 16.6 Å². The van der Waals surface area contributed by atoms with Crippen LogP contribution in [0.2, 0.25) is 0 Å². The minimum Gasteiger partial charge on any atom is -0.365 e. The second kappa shape index (κ2) is 6.01. The molecule has 7 nitrogen and oxygen atoms in total. The van der Waals surface area contributed by atoms with Gasteiger partial charge in [-0.3, -0.25) is 0 Å². The van der Waals surface area contributed by atoms with Crippen molar-refractivity contribution in [2.45, 2.75) is 13.5 Å². The molecular formula is C18H19N7. The minimum atomic E-state index is 0.656. The lowest BCUT2D eigenvalue weighted by Crippen LogP contribution is -2.12. The number of nitrogens with one attached hydrogen (secondary N) is 1. The largest absolute Gasteiger partial charge is 0.365 e. The van der Waals surface area contributed by atoms with Gasteiger partial charge in [0.25, 0.3) is 0 Å². The smallest absolute Gasteiger partial charge is 0.178 e. The van der Waals surface area contributed by atoms with Crippen LogP contribution in [0.15, 0.2) is 42.5 Å². The van der Waals surface area contributed by atoms with E-state index in [0.29, 0.717) is 6.54 Å². The third-order valence-electron chi connectivity index (χ3n) is 4.13. The van der Waals surface area contributed by atoms with E-state index >= 15 is 0 Å². The van der Waals surface area contributed by atoms with Crippen LogP contribution in [0.3, 0.4) is 0 Å². The van der Waals surface area contributed by atoms with E-state index in [-0.39, 0.29) is 0 Å². The number of fused-ring (bicyclic) bond motifs is 2. The van der Waals surface area contributed by atoms with Crippen LogP contribution in [0, 0.1) is 6.92 Å². The maximum absolute atomic E-state index is 4.70. The SMILES string of the molecule is Cc1nnc2ccc(NCc3cc(N(C)C)nc4ccccc34)nn12. The number of nitrogens with zero attached hydrogens (tertiary/aromatic N) is 6. The molecule has 0 radical (unpaired) electrons. The lowest BCUT2D eigenvalue weighted by atomic mass is 10.1. The molecule has 0 aliphatic rings. The number of hydrogen-bond donors (Lipinski definition) is 1. The molecule has 4 aromatic rings. The first-order chi connectivity index (χ1) is 12.1. The molecule has 1 N–H and O–H groups in total. The lowest BCUT2D eigenvalue weighted by molar-refractivity contribution is 0.871. The number of para-hydroxylation sites is 1. The van der Waals surface area contributed by atoms with Crippen molar-refractivity contribution in [1.82, 2.24) is 24.8 Å². The molecular weight excluding hydrogens is 314 g/mol. The minimum absolute atomic E-state index is 0.656. The van der Waals surface area contributed by atoms with Crippen LogP contribution in [0.1, 0.15) is 11.4 Å². The fraction of sp³-hybridized carbons (Fsp3) is 0.222. The van der Waals surface area contributed by atoms with E-state index in [1.54, 1.807) is 4.52 Å². The molecule has 0 bridgehead atoms. The van der Waals surface area contributed by atoms with Crippen LogP contribution in [-0.4, -0.2) is 38.9 Å². The van der Waals surface area contributed by atoms with Gasteiger partial charge in [-0.15, -0.1) is 15.3 Å². The van der Waals surface area contributed by atoms with Gasteiger partial charge in [-0.2, -0.15) is 4.52 Å². The third-order valence-corrected chi connectivity index (χ3v) is 4.13. The number of benzene rings is 1. The highest BCUT2D eigenvalue weighted by Crippen LogP contribution is 2.23. The number of pyridine rings is 1. The van der Waals surface area contributed by atoms with Crippen LogP contribution in [0.4, 0.5) is 11.6 Å². The van der Waals surface area contributed by atoms with E-state index < -0.39 is 0 Å². The van der Waals surface area contributed by atoms with Crippen LogP contribution in [0.5, 0.6) is 0 Å². The number of hydrogen-bond acceptors (Lipinski definition) is 6. The van der Waals surface area contributed by atoms with Crippen molar-refractivity contribution in [3.8, 4) is 0 Å². The Labute approximate surface area is 145 Å². The molecule has 3 aromatic heterocycles. The average Bonchev–Trinajstić information content (AvgIpc) is 3.00. The summed E-state index contributed by atoms with van der Waals surface area (Å²) < 4.78 is 1.73. The Morgan fingerprint density at radius 1 is 1.08 bits per heavy atom. The maximum atomic E-state index is 4.70. The monoisotopic (exact) mass is 333 g/mol. The van der Waals surface area contributed by atoms with Gasteiger partial charge < -0.3 is 10.2 Å². The Kier molecular flexibility index (Phi) is 3.68. The van der Waals surface area contributed by atoms with Crippen molar-refractivity contribution in [3.05, 3.63) is 53.9 Å². The second-order valence-corrected chi connectivity index (χ2v) is 6.14. The highest BCUT2D eigenvalue weighted by atomic mass is 15.4. The summed E-state index contributed by atoms with van der Waals surface area (Å²) in [4.78, 5) is 6.71. The molecule has 25 heavy (non-hydrogen) atoms. The van der Waals surface area contributed by atoms with Crippen molar-refractivity contribution >= 4 is 28.2 Å². The quantitative estimate of drug-likeness (QED) is 0.619. The zero-order valence-corrected chi connectivity index (χ0v) is 14.4. The van der Waals surface area contributed by atoms with Gasteiger partial charge in [0.1, 0.15) is 11.6 Å². The molecule has 4 rings (SSSR count). The molecule has 1 aromatic carbocycles. The van der Waals surface area contributed by atoms with Crippen molar-refractivity contribution in [1.29, 1.82) is 0 Å². The summed E-state index contributed by atoms with van der Waals surface area (Å²) in [6.07, 6.45) is 0. The lowest BCUT2D eigenvalue weighted by Gasteiger charge is -2.15. The third kappa shape index (κ3) is 2.84. The van der Waals surface area contributed by atoms with Gasteiger partial charge >= 0.3 is 0 Å². The Morgan fingerprint density at radius 3 is 2.76 bits per heavy atom. The van der Waals surface area contributed by atoms with Crippen molar-refractivity contribution in [2.24, 2.45) is 0 Å². The Balaban J connectivity index is 1.68. The summed E-state index contributed by atoms with van der Waals surface area (Å²) in [6.45, 7) is 2.54. The summed E-state index contributed by atoms with van der Waals surface area (Å²) >= 11 is 0. The predicted molar refractivity (Wildman–Crippen MR) is 98.9 cm³/mol. The molecule has 7 heteroatoms. The first-order valence-corrected chi connectivity index (χ1v) is 8.11. The van der Waals surface area contributed by atoms with Crippen molar-refractivity contribution in [3.63, 3.8) is 0 Å². The number of aromatic nitrogens is 5. The summed E-state index contributed by atoms with van der Waals surface area (Å²) in [5.41, 5.74) is 2.91. The van der Waals surface area contributed by atoms with E-state index in [9.17, 15) is 0 Å². The topological polar surface area (TPSA) is 71.2 Å². The van der Waals surface area contributed by atoms with Gasteiger partial charge in [0.05, 0.1) is 5.52 Å². The second-order valence-electron chi connectivity index (χ2n) is 6.14. The molecule has 0 saturated carbocycles. The van der Waals surface area contributed by atoms with Crippen LogP contribution >= 0.6 is 0 Å². The van der Waals surface area contributed by atoms with Gasteiger partial charge in [0.15, 0.2) is 11.5 Å². The molecule has 0 spiro atoms. The number of rotatable bonds is 4. The number of aryl methyl sites for hydroxylation is 1. The Hall–Kier alpha value is -3.22. The Morgan fingerprint density at radius 2 is 1.92 bits per heavy atom. The van der Waals surface area contributed by atoms with Crippen molar-refractivity contribution < 1.29 is 0 Å². The summed E-state index contributed by atoms with van der Waals surface area (Å²) in [5.74, 6) is 2.49. The molecule has 0 atom stereocenters. The molecule has 0 aliphatic carbocycles. The number of anilines is 2. The normalized spacial score (nSPS) is 11.2. The van der Waals surface area contributed by atoms with Gasteiger partial charge in [-0.1, -0.05) is 18.2 Å². The van der Waals surface area contributed by atoms with Crippen molar-refractivity contribution in [2.75, 3.05) is 24.3 Å². The first-order valence-electron chi connectivity index (χ1n) is 8.11. The zero-order chi connectivity index (χ0) is 17.4. The van der Waals surface area contributed by atoms with Gasteiger partial charge in [-0.05, 0) is 36.8 Å². The fourth-order valence-electron chi connectivity index (χ4n) is 2.78. The fourth-order valence-corrected chi connectivity index (χ4v) is 2.78. The molecule has 0 amide bonds. The van der Waals surface area contributed by atoms with Gasteiger partial charge in [0.2, 0.25) is 0 Å². The molecule has 126 valence electrons. The molecule has 0 unspecified atom stereocenters. The summed E-state index contributed by atoms with van der Waals surface area (Å²) in [7, 11) is 4.00. The molecule has 0 fully saturated rings. The van der Waals surface area contributed by atoms with E-state index in [1.165, 1.54) is 5.56 Å². The molecule has 0 saturated heterocycles. The average molecular weight is 333 g/mol. The maximum Gasteiger partial charge on any atom is 0.178 e. The predicted octanol–water partition coefficient (Wildman–Crippen LogP) is 2.66. The van der Waals surface area contributed by atoms with E-state index in [2.05, 4.69) is 32.7 Å². The van der Waals surface area contributed by atoms with Crippen LogP contribution in [-0.2, 0) is 6.54 Å².